The summed E-state index contributed by atoms with van der Waals surface area (Å²) >= 11 is 0. The number of para-hydroxylation sites is 1. The maximum atomic E-state index is 5.83. The summed E-state index contributed by atoms with van der Waals surface area (Å²) in [4.78, 5) is 5.43. The van der Waals surface area contributed by atoms with E-state index in [0.29, 0.717) is 5.92 Å². The Morgan fingerprint density at radius 2 is 2.00 bits per heavy atom. The van der Waals surface area contributed by atoms with E-state index in [-0.39, 0.29) is 0 Å². The second-order valence-electron chi connectivity index (χ2n) is 7.00. The third-order valence-electron chi connectivity index (χ3n) is 5.85. The number of hydrogen-bond donors (Lipinski definition) is 1. The lowest BCUT2D eigenvalue weighted by molar-refractivity contribution is 0.178. The zero-order valence-corrected chi connectivity index (χ0v) is 12.9. The molecule has 3 nitrogen and oxygen atoms in total. The molecule has 0 spiro atoms. The Hall–Kier alpha value is -1.06. The SMILES string of the molecule is NCCC1CN(C2CCN3CCCC3C2)c2ccccc21. The van der Waals surface area contributed by atoms with Crippen LogP contribution in [0.4, 0.5) is 5.69 Å². The molecule has 3 heterocycles. The van der Waals surface area contributed by atoms with Crippen LogP contribution in [0.2, 0.25) is 0 Å². The van der Waals surface area contributed by atoms with Gasteiger partial charge in [0.25, 0.3) is 0 Å². The van der Waals surface area contributed by atoms with Crippen LogP contribution in [0.25, 0.3) is 0 Å². The van der Waals surface area contributed by atoms with E-state index in [1.54, 1.807) is 0 Å². The fourth-order valence-electron chi connectivity index (χ4n) is 4.81. The van der Waals surface area contributed by atoms with Gasteiger partial charge in [0.05, 0.1) is 0 Å². The third kappa shape index (κ3) is 2.36. The summed E-state index contributed by atoms with van der Waals surface area (Å²) < 4.78 is 0. The summed E-state index contributed by atoms with van der Waals surface area (Å²) in [6.07, 6.45) is 6.64. The Bertz CT molecular complexity index is 501. The lowest BCUT2D eigenvalue weighted by atomic mass is 9.96. The van der Waals surface area contributed by atoms with Crippen LogP contribution in [0, 0.1) is 0 Å². The van der Waals surface area contributed by atoms with Gasteiger partial charge in [0.1, 0.15) is 0 Å². The van der Waals surface area contributed by atoms with Crippen molar-refractivity contribution in [3.05, 3.63) is 29.8 Å². The first-order valence-electron chi connectivity index (χ1n) is 8.66. The van der Waals surface area contributed by atoms with E-state index in [1.807, 2.05) is 0 Å². The van der Waals surface area contributed by atoms with E-state index in [2.05, 4.69) is 34.1 Å². The molecule has 3 heteroatoms. The van der Waals surface area contributed by atoms with Gasteiger partial charge in [-0.15, -0.1) is 0 Å². The van der Waals surface area contributed by atoms with Gasteiger partial charge in [0.2, 0.25) is 0 Å². The molecule has 21 heavy (non-hydrogen) atoms. The topological polar surface area (TPSA) is 32.5 Å². The molecule has 3 unspecified atom stereocenters. The summed E-state index contributed by atoms with van der Waals surface area (Å²) in [7, 11) is 0. The van der Waals surface area contributed by atoms with E-state index in [9.17, 15) is 0 Å². The van der Waals surface area contributed by atoms with Crippen molar-refractivity contribution in [2.45, 2.75) is 50.1 Å². The first-order chi connectivity index (χ1) is 10.4. The van der Waals surface area contributed by atoms with Crippen molar-refractivity contribution in [1.29, 1.82) is 0 Å². The first-order valence-corrected chi connectivity index (χ1v) is 8.66. The van der Waals surface area contributed by atoms with Crippen LogP contribution in [-0.4, -0.2) is 43.2 Å². The third-order valence-corrected chi connectivity index (χ3v) is 5.85. The Kier molecular flexibility index (Phi) is 3.64. The van der Waals surface area contributed by atoms with Gasteiger partial charge in [-0.3, -0.25) is 0 Å². The van der Waals surface area contributed by atoms with Crippen molar-refractivity contribution in [3.63, 3.8) is 0 Å². The van der Waals surface area contributed by atoms with Crippen molar-refractivity contribution in [2.75, 3.05) is 31.1 Å². The van der Waals surface area contributed by atoms with Crippen molar-refractivity contribution in [3.8, 4) is 0 Å². The molecule has 2 N–H and O–H groups in total. The molecular weight excluding hydrogens is 258 g/mol. The molecule has 0 amide bonds. The van der Waals surface area contributed by atoms with Gasteiger partial charge in [0, 0.05) is 36.8 Å². The van der Waals surface area contributed by atoms with E-state index < -0.39 is 0 Å². The second-order valence-corrected chi connectivity index (χ2v) is 7.00. The normalized spacial score (nSPS) is 32.2. The van der Waals surface area contributed by atoms with Crippen LogP contribution in [0.3, 0.4) is 0 Å². The van der Waals surface area contributed by atoms with Crippen molar-refractivity contribution in [2.24, 2.45) is 5.73 Å². The number of rotatable bonds is 3. The number of fused-ring (bicyclic) bond motifs is 2. The number of nitrogens with zero attached hydrogens (tertiary/aromatic N) is 2. The molecule has 0 aromatic heterocycles. The van der Waals surface area contributed by atoms with E-state index in [4.69, 9.17) is 5.73 Å². The Morgan fingerprint density at radius 1 is 1.10 bits per heavy atom. The van der Waals surface area contributed by atoms with Crippen LogP contribution in [0.5, 0.6) is 0 Å². The molecular formula is C18H27N3. The maximum Gasteiger partial charge on any atom is 0.0405 e. The van der Waals surface area contributed by atoms with Crippen molar-refractivity contribution in [1.82, 2.24) is 4.90 Å². The molecule has 3 aliphatic heterocycles. The first kappa shape index (κ1) is 13.6. The number of hydrogen-bond acceptors (Lipinski definition) is 3. The summed E-state index contributed by atoms with van der Waals surface area (Å²) in [6.45, 7) is 4.63. The second kappa shape index (κ2) is 5.62. The molecule has 1 aromatic carbocycles. The maximum absolute atomic E-state index is 5.83. The van der Waals surface area contributed by atoms with Crippen LogP contribution < -0.4 is 10.6 Å². The standard InChI is InChI=1S/C18H27N3/c19-9-7-14-13-21(18-6-2-1-5-17(14)18)16-8-11-20-10-3-4-15(20)12-16/h1-2,5-6,14-16H,3-4,7-13,19H2. The molecule has 0 aliphatic carbocycles. The summed E-state index contributed by atoms with van der Waals surface area (Å²) in [5.74, 6) is 0.646. The molecule has 0 bridgehead atoms. The minimum Gasteiger partial charge on any atom is -0.368 e. The lowest BCUT2D eigenvalue weighted by Gasteiger charge is -2.40. The molecule has 2 fully saturated rings. The molecule has 4 rings (SSSR count). The smallest absolute Gasteiger partial charge is 0.0405 e. The highest BCUT2D eigenvalue weighted by atomic mass is 15.2. The minimum atomic E-state index is 0.646. The number of anilines is 1. The average molecular weight is 285 g/mol. The Labute approximate surface area is 128 Å². The van der Waals surface area contributed by atoms with Gasteiger partial charge in [-0.2, -0.15) is 0 Å². The highest BCUT2D eigenvalue weighted by Gasteiger charge is 2.38. The zero-order valence-electron chi connectivity index (χ0n) is 12.9. The number of benzene rings is 1. The Morgan fingerprint density at radius 3 is 2.90 bits per heavy atom. The molecule has 3 aliphatic rings. The minimum absolute atomic E-state index is 0.646. The molecule has 2 saturated heterocycles. The van der Waals surface area contributed by atoms with Gasteiger partial charge in [-0.05, 0) is 56.8 Å². The quantitative estimate of drug-likeness (QED) is 0.926. The number of piperidine rings is 1. The van der Waals surface area contributed by atoms with Crippen LogP contribution in [0.1, 0.15) is 43.6 Å². The Balaban J connectivity index is 1.55. The van der Waals surface area contributed by atoms with E-state index in [1.165, 1.54) is 56.6 Å². The fraction of sp³-hybridized carbons (Fsp3) is 0.667. The summed E-state index contributed by atoms with van der Waals surface area (Å²) in [6, 6.07) is 10.6. The molecule has 1 aromatic rings. The van der Waals surface area contributed by atoms with Crippen molar-refractivity contribution < 1.29 is 0 Å². The molecule has 0 radical (unpaired) electrons. The number of nitrogens with two attached hydrogens (primary N) is 1. The highest BCUT2D eigenvalue weighted by Crippen LogP contribution is 2.41. The lowest BCUT2D eigenvalue weighted by Crippen LogP contribution is -2.47. The van der Waals surface area contributed by atoms with Crippen molar-refractivity contribution >= 4 is 5.69 Å². The van der Waals surface area contributed by atoms with Gasteiger partial charge in [0.15, 0.2) is 0 Å². The van der Waals surface area contributed by atoms with Gasteiger partial charge in [-0.1, -0.05) is 18.2 Å². The predicted molar refractivity (Wildman–Crippen MR) is 87.8 cm³/mol. The molecule has 0 saturated carbocycles. The summed E-state index contributed by atoms with van der Waals surface area (Å²) in [5.41, 5.74) is 8.87. The fourth-order valence-corrected chi connectivity index (χ4v) is 4.81. The average Bonchev–Trinajstić information content (AvgIpc) is 3.12. The largest absolute Gasteiger partial charge is 0.368 e. The van der Waals surface area contributed by atoms with Gasteiger partial charge < -0.3 is 15.5 Å². The zero-order chi connectivity index (χ0) is 14.2. The molecule has 114 valence electrons. The van der Waals surface area contributed by atoms with Crippen LogP contribution in [-0.2, 0) is 0 Å². The van der Waals surface area contributed by atoms with Crippen LogP contribution in [0.15, 0.2) is 24.3 Å². The highest BCUT2D eigenvalue weighted by molar-refractivity contribution is 5.61. The van der Waals surface area contributed by atoms with Gasteiger partial charge >= 0.3 is 0 Å². The van der Waals surface area contributed by atoms with E-state index >= 15 is 0 Å². The van der Waals surface area contributed by atoms with Crippen LogP contribution >= 0.6 is 0 Å². The molecule has 3 atom stereocenters. The monoisotopic (exact) mass is 285 g/mol. The summed E-state index contributed by atoms with van der Waals surface area (Å²) in [5, 5.41) is 0. The predicted octanol–water partition coefficient (Wildman–Crippen LogP) is 2.57. The van der Waals surface area contributed by atoms with Gasteiger partial charge in [-0.25, -0.2) is 0 Å². The van der Waals surface area contributed by atoms with E-state index in [0.717, 1.165) is 25.0 Å².